The molecule has 0 saturated heterocycles. The average molecular weight is 306 g/mol. The molecule has 114 valence electrons. The number of likely N-dealkylation sites (N-methyl/N-ethyl adjacent to an activating group) is 1. The first-order valence-electron chi connectivity index (χ1n) is 6.34. The molecule has 7 heteroatoms. The molecule has 0 aliphatic heterocycles. The lowest BCUT2D eigenvalue weighted by molar-refractivity contribution is 0.237. The Labute approximate surface area is 118 Å². The second kappa shape index (κ2) is 7.10. The van der Waals surface area contributed by atoms with E-state index in [2.05, 4.69) is 4.72 Å². The molecule has 1 N–H and O–H groups in total. The first kappa shape index (κ1) is 17.0. The zero-order chi connectivity index (χ0) is 15.3. The van der Waals surface area contributed by atoms with E-state index in [0.717, 1.165) is 12.3 Å². The third kappa shape index (κ3) is 5.15. The van der Waals surface area contributed by atoms with Gasteiger partial charge in [-0.3, -0.25) is 4.90 Å². The fraction of sp³-hybridized carbons (Fsp3) is 0.538. The first-order valence-corrected chi connectivity index (χ1v) is 8.23. The van der Waals surface area contributed by atoms with E-state index in [1.807, 2.05) is 11.8 Å². The molecule has 0 saturated carbocycles. The molecule has 1 rings (SSSR count). The molecule has 0 radical (unpaired) electrons. The Morgan fingerprint density at radius 2 is 2.00 bits per heavy atom. The molecule has 0 fully saturated rings. The number of sulfonamides is 1. The van der Waals surface area contributed by atoms with Crippen molar-refractivity contribution < 1.29 is 17.2 Å². The first-order chi connectivity index (χ1) is 9.24. The number of nitrogens with one attached hydrogen (secondary N) is 1. The Kier molecular flexibility index (Phi) is 6.04. The number of hydrogen-bond donors (Lipinski definition) is 1. The van der Waals surface area contributed by atoms with E-state index in [1.54, 1.807) is 7.05 Å². The van der Waals surface area contributed by atoms with Crippen LogP contribution in [0.4, 0.5) is 8.78 Å². The zero-order valence-corrected chi connectivity index (χ0v) is 12.7. The Morgan fingerprint density at radius 1 is 1.35 bits per heavy atom. The minimum Gasteiger partial charge on any atom is -0.298 e. The van der Waals surface area contributed by atoms with Gasteiger partial charge in [0.2, 0.25) is 10.0 Å². The molecule has 1 aromatic carbocycles. The van der Waals surface area contributed by atoms with Gasteiger partial charge in [0.05, 0.1) is 6.26 Å². The third-order valence-electron chi connectivity index (χ3n) is 3.07. The molecule has 0 heterocycles. The number of benzene rings is 1. The normalized spacial score (nSPS) is 13.7. The van der Waals surface area contributed by atoms with Gasteiger partial charge in [0.1, 0.15) is 11.6 Å². The van der Waals surface area contributed by atoms with Crippen LogP contribution in [0, 0.1) is 11.6 Å². The smallest absolute Gasteiger partial charge is 0.208 e. The highest BCUT2D eigenvalue weighted by molar-refractivity contribution is 7.88. The summed E-state index contributed by atoms with van der Waals surface area (Å²) in [5, 5.41) is 0. The summed E-state index contributed by atoms with van der Waals surface area (Å²) < 4.78 is 51.0. The van der Waals surface area contributed by atoms with E-state index in [1.165, 1.54) is 12.1 Å². The minimum atomic E-state index is -3.23. The molecule has 0 aliphatic rings. The second-order valence-corrected chi connectivity index (χ2v) is 6.57. The molecule has 0 bridgehead atoms. The largest absolute Gasteiger partial charge is 0.298 e. The summed E-state index contributed by atoms with van der Waals surface area (Å²) in [4.78, 5) is 1.84. The van der Waals surface area contributed by atoms with Crippen LogP contribution in [0.5, 0.6) is 0 Å². The lowest BCUT2D eigenvalue weighted by Gasteiger charge is -2.27. The molecule has 20 heavy (non-hydrogen) atoms. The molecule has 0 aliphatic carbocycles. The topological polar surface area (TPSA) is 49.4 Å². The molecule has 1 atom stereocenters. The predicted octanol–water partition coefficient (Wildman–Crippen LogP) is 1.90. The second-order valence-electron chi connectivity index (χ2n) is 4.74. The summed E-state index contributed by atoms with van der Waals surface area (Å²) >= 11 is 0. The Bertz CT molecular complexity index is 549. The van der Waals surface area contributed by atoms with E-state index in [4.69, 9.17) is 0 Å². The summed E-state index contributed by atoms with van der Waals surface area (Å²) in [5.74, 6) is -1.19. The Morgan fingerprint density at radius 3 is 2.50 bits per heavy atom. The van der Waals surface area contributed by atoms with Crippen LogP contribution in [0.15, 0.2) is 18.2 Å². The van der Waals surface area contributed by atoms with Gasteiger partial charge in [0, 0.05) is 30.8 Å². The summed E-state index contributed by atoms with van der Waals surface area (Å²) in [5.41, 5.74) is 0.413. The Hall–Kier alpha value is -1.05. The van der Waals surface area contributed by atoms with Crippen molar-refractivity contribution in [3.8, 4) is 0 Å². The van der Waals surface area contributed by atoms with Gasteiger partial charge in [-0.25, -0.2) is 21.9 Å². The molecule has 0 amide bonds. The van der Waals surface area contributed by atoms with Gasteiger partial charge in [0.15, 0.2) is 0 Å². The third-order valence-corrected chi connectivity index (χ3v) is 3.80. The van der Waals surface area contributed by atoms with Crippen molar-refractivity contribution in [1.82, 2.24) is 9.62 Å². The quantitative estimate of drug-likeness (QED) is 0.837. The molecule has 4 nitrogen and oxygen atoms in total. The van der Waals surface area contributed by atoms with Gasteiger partial charge < -0.3 is 0 Å². The molecule has 0 unspecified atom stereocenters. The van der Waals surface area contributed by atoms with Crippen molar-refractivity contribution in [1.29, 1.82) is 0 Å². The average Bonchev–Trinajstić information content (AvgIpc) is 2.31. The summed E-state index contributed by atoms with van der Waals surface area (Å²) in [6, 6.07) is 3.29. The van der Waals surface area contributed by atoms with E-state index in [-0.39, 0.29) is 12.6 Å². The van der Waals surface area contributed by atoms with Gasteiger partial charge in [-0.15, -0.1) is 0 Å². The van der Waals surface area contributed by atoms with Gasteiger partial charge in [-0.1, -0.05) is 13.0 Å². The van der Waals surface area contributed by atoms with Crippen LogP contribution >= 0.6 is 0 Å². The van der Waals surface area contributed by atoms with Crippen molar-refractivity contribution in [3.63, 3.8) is 0 Å². The fourth-order valence-corrected chi connectivity index (χ4v) is 2.57. The van der Waals surface area contributed by atoms with Gasteiger partial charge >= 0.3 is 0 Å². The van der Waals surface area contributed by atoms with E-state index in [0.29, 0.717) is 18.5 Å². The lowest BCUT2D eigenvalue weighted by Crippen LogP contribution is -2.34. The van der Waals surface area contributed by atoms with Crippen LogP contribution < -0.4 is 4.72 Å². The maximum atomic E-state index is 13.8. The highest BCUT2D eigenvalue weighted by atomic mass is 32.2. The van der Waals surface area contributed by atoms with Crippen LogP contribution in [0.2, 0.25) is 0 Å². The van der Waals surface area contributed by atoms with Crippen molar-refractivity contribution in [2.75, 3.05) is 26.4 Å². The number of halogens is 2. The summed E-state index contributed by atoms with van der Waals surface area (Å²) in [6.45, 7) is 2.57. The van der Waals surface area contributed by atoms with E-state index < -0.39 is 21.7 Å². The molecular formula is C13H20F2N2O2S. The van der Waals surface area contributed by atoms with Crippen LogP contribution in [0.25, 0.3) is 0 Å². The minimum absolute atomic E-state index is 0.225. The van der Waals surface area contributed by atoms with Gasteiger partial charge in [-0.2, -0.15) is 0 Å². The van der Waals surface area contributed by atoms with Crippen molar-refractivity contribution in [3.05, 3.63) is 35.4 Å². The van der Waals surface area contributed by atoms with E-state index in [9.17, 15) is 17.2 Å². The number of rotatable bonds is 7. The summed E-state index contributed by atoms with van der Waals surface area (Å²) in [7, 11) is -1.45. The molecule has 0 spiro atoms. The maximum absolute atomic E-state index is 13.8. The Balaban J connectivity index is 2.74. The van der Waals surface area contributed by atoms with Crippen LogP contribution in [-0.2, 0) is 10.0 Å². The van der Waals surface area contributed by atoms with Gasteiger partial charge in [0.25, 0.3) is 0 Å². The lowest BCUT2D eigenvalue weighted by atomic mass is 10.0. The van der Waals surface area contributed by atoms with E-state index >= 15 is 0 Å². The predicted molar refractivity (Wildman–Crippen MR) is 74.9 cm³/mol. The zero-order valence-electron chi connectivity index (χ0n) is 11.9. The summed E-state index contributed by atoms with van der Waals surface area (Å²) in [6.07, 6.45) is 1.72. The fourth-order valence-electron chi connectivity index (χ4n) is 2.10. The van der Waals surface area contributed by atoms with Crippen molar-refractivity contribution in [2.24, 2.45) is 0 Å². The van der Waals surface area contributed by atoms with Crippen LogP contribution in [-0.4, -0.2) is 39.7 Å². The van der Waals surface area contributed by atoms with Gasteiger partial charge in [-0.05, 0) is 19.5 Å². The SMILES string of the molecule is CC[C@@H](c1ccc(F)cc1F)N(C)CCNS(C)(=O)=O. The van der Waals surface area contributed by atoms with Crippen molar-refractivity contribution in [2.45, 2.75) is 19.4 Å². The van der Waals surface area contributed by atoms with Crippen LogP contribution in [0.3, 0.4) is 0 Å². The van der Waals surface area contributed by atoms with Crippen molar-refractivity contribution >= 4 is 10.0 Å². The molecular weight excluding hydrogens is 286 g/mol. The standard InChI is InChI=1S/C13H20F2N2O2S/c1-4-13(11-6-5-10(14)9-12(11)15)17(2)8-7-16-20(3,18)19/h5-6,9,13,16H,4,7-8H2,1-3H3/t13-/m0/s1. The highest BCUT2D eigenvalue weighted by Crippen LogP contribution is 2.25. The maximum Gasteiger partial charge on any atom is 0.208 e. The number of nitrogens with zero attached hydrogens (tertiary/aromatic N) is 1. The molecule has 0 aromatic heterocycles. The highest BCUT2D eigenvalue weighted by Gasteiger charge is 2.19. The number of hydrogen-bond acceptors (Lipinski definition) is 3. The van der Waals surface area contributed by atoms with Crippen LogP contribution in [0.1, 0.15) is 24.9 Å². The molecule has 1 aromatic rings. The monoisotopic (exact) mass is 306 g/mol.